The molecule has 1 heterocycles. The highest BCUT2D eigenvalue weighted by Crippen LogP contribution is 2.25. The van der Waals surface area contributed by atoms with Crippen molar-refractivity contribution in [3.8, 4) is 0 Å². The van der Waals surface area contributed by atoms with E-state index in [9.17, 15) is 9.59 Å². The first-order valence-electron chi connectivity index (χ1n) is 4.97. The van der Waals surface area contributed by atoms with Crippen LogP contribution in [0.3, 0.4) is 0 Å². The van der Waals surface area contributed by atoms with E-state index in [-0.39, 0.29) is 23.4 Å². The normalized spacial score (nSPS) is 23.7. The van der Waals surface area contributed by atoms with E-state index in [0.717, 1.165) is 0 Å². The van der Waals surface area contributed by atoms with Crippen molar-refractivity contribution in [2.75, 3.05) is 6.54 Å². The molecular weight excluding hydrogens is 180 g/mol. The summed E-state index contributed by atoms with van der Waals surface area (Å²) in [5.41, 5.74) is -0.0643. The van der Waals surface area contributed by atoms with Crippen LogP contribution < -0.4 is 5.32 Å². The highest BCUT2D eigenvalue weighted by Gasteiger charge is 2.36. The number of carbonyl (C=O) groups excluding carboxylic acids is 2. The maximum absolute atomic E-state index is 11.6. The van der Waals surface area contributed by atoms with Crippen LogP contribution in [0.1, 0.15) is 34.1 Å². The summed E-state index contributed by atoms with van der Waals surface area (Å²) in [5, 5.41) is 2.85. The SMILES string of the molecule is CCN1C(=O)CC(C(C)(C)C)NC1=O. The number of nitrogens with zero attached hydrogens (tertiary/aromatic N) is 1. The molecule has 1 N–H and O–H groups in total. The van der Waals surface area contributed by atoms with Gasteiger partial charge < -0.3 is 5.32 Å². The second-order valence-corrected chi connectivity index (χ2v) is 4.71. The molecular formula is C10H18N2O2. The fraction of sp³-hybridized carbons (Fsp3) is 0.800. The molecule has 1 saturated heterocycles. The highest BCUT2D eigenvalue weighted by atomic mass is 16.2. The van der Waals surface area contributed by atoms with Crippen LogP contribution in [0.25, 0.3) is 0 Å². The summed E-state index contributed by atoms with van der Waals surface area (Å²) in [6, 6.07) is -0.311. The van der Waals surface area contributed by atoms with Crippen LogP contribution in [-0.4, -0.2) is 29.4 Å². The minimum atomic E-state index is -0.260. The number of hydrogen-bond acceptors (Lipinski definition) is 2. The van der Waals surface area contributed by atoms with Crippen LogP contribution >= 0.6 is 0 Å². The summed E-state index contributed by atoms with van der Waals surface area (Å²) in [4.78, 5) is 24.3. The topological polar surface area (TPSA) is 49.4 Å². The fourth-order valence-electron chi connectivity index (χ4n) is 1.52. The number of hydrogen-bond donors (Lipinski definition) is 1. The second-order valence-electron chi connectivity index (χ2n) is 4.71. The molecule has 80 valence electrons. The van der Waals surface area contributed by atoms with Gasteiger partial charge in [-0.15, -0.1) is 0 Å². The quantitative estimate of drug-likeness (QED) is 0.691. The maximum Gasteiger partial charge on any atom is 0.324 e. The first-order chi connectivity index (χ1) is 6.36. The number of imide groups is 1. The number of nitrogens with one attached hydrogen (secondary N) is 1. The summed E-state index contributed by atoms with van der Waals surface area (Å²) < 4.78 is 0. The van der Waals surface area contributed by atoms with Gasteiger partial charge in [-0.2, -0.15) is 0 Å². The van der Waals surface area contributed by atoms with Gasteiger partial charge in [0.1, 0.15) is 0 Å². The van der Waals surface area contributed by atoms with Crippen molar-refractivity contribution in [3.05, 3.63) is 0 Å². The molecule has 0 bridgehead atoms. The predicted molar refractivity (Wildman–Crippen MR) is 53.8 cm³/mol. The Hall–Kier alpha value is -1.06. The average Bonchev–Trinajstić information content (AvgIpc) is 2.01. The van der Waals surface area contributed by atoms with E-state index in [4.69, 9.17) is 0 Å². The maximum atomic E-state index is 11.6. The summed E-state index contributed by atoms with van der Waals surface area (Å²) >= 11 is 0. The summed E-state index contributed by atoms with van der Waals surface area (Å²) in [6.07, 6.45) is 0.406. The fourth-order valence-corrected chi connectivity index (χ4v) is 1.52. The Morgan fingerprint density at radius 2 is 2.00 bits per heavy atom. The van der Waals surface area contributed by atoms with Crippen LogP contribution in [-0.2, 0) is 4.79 Å². The van der Waals surface area contributed by atoms with Gasteiger partial charge >= 0.3 is 6.03 Å². The smallest absolute Gasteiger partial charge is 0.324 e. The van der Waals surface area contributed by atoms with Crippen molar-refractivity contribution >= 4 is 11.9 Å². The molecule has 0 aromatic heterocycles. The van der Waals surface area contributed by atoms with Gasteiger partial charge in [-0.1, -0.05) is 20.8 Å². The molecule has 0 aromatic carbocycles. The molecule has 1 aliphatic rings. The van der Waals surface area contributed by atoms with Gasteiger partial charge in [-0.3, -0.25) is 9.69 Å². The molecule has 1 unspecified atom stereocenters. The van der Waals surface area contributed by atoms with Crippen LogP contribution in [0.5, 0.6) is 0 Å². The molecule has 0 aliphatic carbocycles. The van der Waals surface area contributed by atoms with Gasteiger partial charge in [0, 0.05) is 19.0 Å². The van der Waals surface area contributed by atoms with Crippen LogP contribution in [0.2, 0.25) is 0 Å². The molecule has 1 rings (SSSR count). The van der Waals surface area contributed by atoms with Crippen LogP contribution in [0.15, 0.2) is 0 Å². The molecule has 4 nitrogen and oxygen atoms in total. The molecule has 0 radical (unpaired) electrons. The Bertz CT molecular complexity index is 237. The van der Waals surface area contributed by atoms with E-state index in [2.05, 4.69) is 5.32 Å². The lowest BCUT2D eigenvalue weighted by Gasteiger charge is -2.37. The van der Waals surface area contributed by atoms with Gasteiger partial charge in [0.15, 0.2) is 0 Å². The van der Waals surface area contributed by atoms with Crippen molar-refractivity contribution in [2.45, 2.75) is 40.2 Å². The number of urea groups is 1. The molecule has 4 heteroatoms. The molecule has 0 saturated carbocycles. The van der Waals surface area contributed by atoms with Crippen molar-refractivity contribution in [3.63, 3.8) is 0 Å². The summed E-state index contributed by atoms with van der Waals surface area (Å²) in [6.45, 7) is 8.31. The van der Waals surface area contributed by atoms with E-state index in [1.165, 1.54) is 4.90 Å². The van der Waals surface area contributed by atoms with Crippen LogP contribution in [0.4, 0.5) is 4.79 Å². The van der Waals surface area contributed by atoms with E-state index >= 15 is 0 Å². The number of carbonyl (C=O) groups is 2. The third-order valence-electron chi connectivity index (χ3n) is 2.58. The monoisotopic (exact) mass is 198 g/mol. The molecule has 1 aliphatic heterocycles. The lowest BCUT2D eigenvalue weighted by atomic mass is 9.83. The lowest BCUT2D eigenvalue weighted by Crippen LogP contribution is -2.58. The molecule has 1 atom stereocenters. The van der Waals surface area contributed by atoms with E-state index in [1.54, 1.807) is 6.92 Å². The van der Waals surface area contributed by atoms with E-state index in [1.807, 2.05) is 20.8 Å². The van der Waals surface area contributed by atoms with E-state index in [0.29, 0.717) is 13.0 Å². The zero-order chi connectivity index (χ0) is 10.9. The first kappa shape index (κ1) is 11.0. The third-order valence-corrected chi connectivity index (χ3v) is 2.58. The molecule has 0 aromatic rings. The van der Waals surface area contributed by atoms with Gasteiger partial charge in [0.2, 0.25) is 5.91 Å². The van der Waals surface area contributed by atoms with Gasteiger partial charge in [-0.05, 0) is 12.3 Å². The lowest BCUT2D eigenvalue weighted by molar-refractivity contribution is -0.130. The number of amides is 3. The molecule has 1 fully saturated rings. The standard InChI is InChI=1S/C10H18N2O2/c1-5-12-8(13)6-7(10(2,3)4)11-9(12)14/h7H,5-6H2,1-4H3,(H,11,14). The molecule has 14 heavy (non-hydrogen) atoms. The Labute approximate surface area is 84.7 Å². The van der Waals surface area contributed by atoms with Crippen molar-refractivity contribution in [2.24, 2.45) is 5.41 Å². The molecule has 0 spiro atoms. The highest BCUT2D eigenvalue weighted by molar-refractivity contribution is 5.97. The van der Waals surface area contributed by atoms with Gasteiger partial charge in [-0.25, -0.2) is 4.79 Å². The van der Waals surface area contributed by atoms with Crippen molar-refractivity contribution in [1.82, 2.24) is 10.2 Å². The second kappa shape index (κ2) is 3.59. The summed E-state index contributed by atoms with van der Waals surface area (Å²) in [7, 11) is 0. The molecule has 3 amide bonds. The van der Waals surface area contributed by atoms with Gasteiger partial charge in [0.05, 0.1) is 0 Å². The average molecular weight is 198 g/mol. The Morgan fingerprint density at radius 1 is 1.43 bits per heavy atom. The third kappa shape index (κ3) is 2.05. The van der Waals surface area contributed by atoms with Crippen molar-refractivity contribution in [1.29, 1.82) is 0 Å². The Balaban J connectivity index is 2.76. The van der Waals surface area contributed by atoms with Gasteiger partial charge in [0.25, 0.3) is 0 Å². The Kier molecular flexibility index (Phi) is 2.83. The zero-order valence-electron chi connectivity index (χ0n) is 9.26. The first-order valence-corrected chi connectivity index (χ1v) is 4.97. The van der Waals surface area contributed by atoms with Crippen LogP contribution in [0, 0.1) is 5.41 Å². The minimum absolute atomic E-state index is 0.0506. The van der Waals surface area contributed by atoms with E-state index < -0.39 is 0 Å². The minimum Gasteiger partial charge on any atom is -0.334 e. The Morgan fingerprint density at radius 3 is 2.36 bits per heavy atom. The van der Waals surface area contributed by atoms with Crippen molar-refractivity contribution < 1.29 is 9.59 Å². The zero-order valence-corrected chi connectivity index (χ0v) is 9.26. The summed E-state index contributed by atoms with van der Waals surface area (Å²) in [5.74, 6) is -0.0730. The largest absolute Gasteiger partial charge is 0.334 e. The number of rotatable bonds is 1. The predicted octanol–water partition coefficient (Wildman–Crippen LogP) is 1.36.